The molecule has 1 atom stereocenters. The standard InChI is InChI=1S/C19H24N2O4S/c1-12(14-8-6-10-25-14)20-11-16(22)21-18-17(19(23)24-2)13-7-4-3-5-9-15(13)26-18/h6,8,10,12,20H,3-5,7,9,11H2,1-2H3,(H,21,22)/t12-/m1/s1. The van der Waals surface area contributed by atoms with E-state index in [9.17, 15) is 9.59 Å². The number of amides is 1. The monoisotopic (exact) mass is 376 g/mol. The number of carbonyl (C=O) groups is 2. The van der Waals surface area contributed by atoms with Crippen molar-refractivity contribution in [3.05, 3.63) is 40.2 Å². The largest absolute Gasteiger partial charge is 0.468 e. The van der Waals surface area contributed by atoms with Crippen molar-refractivity contribution in [3.8, 4) is 0 Å². The maximum absolute atomic E-state index is 12.4. The number of carbonyl (C=O) groups excluding carboxylic acids is 2. The average Bonchev–Trinajstić information content (AvgIpc) is 3.22. The van der Waals surface area contributed by atoms with Crippen molar-refractivity contribution in [2.75, 3.05) is 19.0 Å². The molecule has 0 saturated carbocycles. The van der Waals surface area contributed by atoms with Gasteiger partial charge in [0.15, 0.2) is 0 Å². The van der Waals surface area contributed by atoms with Gasteiger partial charge in [-0.2, -0.15) is 0 Å². The fourth-order valence-corrected chi connectivity index (χ4v) is 4.50. The molecule has 1 aliphatic rings. The highest BCUT2D eigenvalue weighted by molar-refractivity contribution is 7.17. The van der Waals surface area contributed by atoms with Gasteiger partial charge >= 0.3 is 5.97 Å². The fraction of sp³-hybridized carbons (Fsp3) is 0.474. The SMILES string of the molecule is COC(=O)c1c(NC(=O)CN[C@H](C)c2ccco2)sc2c1CCCCC2. The van der Waals surface area contributed by atoms with Crippen molar-refractivity contribution in [2.45, 2.75) is 45.1 Å². The second-order valence-corrected chi connectivity index (χ2v) is 7.53. The first-order valence-corrected chi connectivity index (χ1v) is 9.71. The summed E-state index contributed by atoms with van der Waals surface area (Å²) in [5, 5.41) is 6.61. The van der Waals surface area contributed by atoms with Gasteiger partial charge in [0.1, 0.15) is 10.8 Å². The minimum atomic E-state index is -0.378. The molecule has 1 aliphatic carbocycles. The number of methoxy groups -OCH3 is 1. The van der Waals surface area contributed by atoms with E-state index in [1.807, 2.05) is 19.1 Å². The molecule has 7 heteroatoms. The lowest BCUT2D eigenvalue weighted by atomic mass is 10.1. The normalized spacial score (nSPS) is 15.0. The zero-order valence-corrected chi connectivity index (χ0v) is 15.9. The molecular weight excluding hydrogens is 352 g/mol. The molecule has 0 saturated heterocycles. The highest BCUT2D eigenvalue weighted by atomic mass is 32.1. The molecular formula is C19H24N2O4S. The Bertz CT molecular complexity index is 767. The number of ether oxygens (including phenoxy) is 1. The van der Waals surface area contributed by atoms with Gasteiger partial charge in [0, 0.05) is 4.88 Å². The van der Waals surface area contributed by atoms with E-state index in [1.54, 1.807) is 6.26 Å². The summed E-state index contributed by atoms with van der Waals surface area (Å²) in [6.07, 6.45) is 6.76. The van der Waals surface area contributed by atoms with Gasteiger partial charge < -0.3 is 14.5 Å². The van der Waals surface area contributed by atoms with Crippen LogP contribution in [0.15, 0.2) is 22.8 Å². The van der Waals surface area contributed by atoms with Crippen molar-refractivity contribution >= 4 is 28.2 Å². The number of hydrogen-bond acceptors (Lipinski definition) is 6. The maximum Gasteiger partial charge on any atom is 0.341 e. The zero-order chi connectivity index (χ0) is 18.5. The number of furan rings is 1. The Morgan fingerprint density at radius 2 is 2.12 bits per heavy atom. The number of aryl methyl sites for hydroxylation is 1. The molecule has 0 fully saturated rings. The van der Waals surface area contributed by atoms with Crippen LogP contribution in [0.4, 0.5) is 5.00 Å². The lowest BCUT2D eigenvalue weighted by Crippen LogP contribution is -2.30. The van der Waals surface area contributed by atoms with E-state index in [4.69, 9.17) is 9.15 Å². The van der Waals surface area contributed by atoms with Crippen molar-refractivity contribution in [3.63, 3.8) is 0 Å². The van der Waals surface area contributed by atoms with Crippen LogP contribution in [0.1, 0.15) is 58.8 Å². The van der Waals surface area contributed by atoms with Gasteiger partial charge in [-0.3, -0.25) is 10.1 Å². The fourth-order valence-electron chi connectivity index (χ4n) is 3.20. The minimum absolute atomic E-state index is 0.0733. The highest BCUT2D eigenvalue weighted by Gasteiger charge is 2.26. The predicted molar refractivity (Wildman–Crippen MR) is 101 cm³/mol. The molecule has 2 N–H and O–H groups in total. The van der Waals surface area contributed by atoms with Crippen molar-refractivity contribution in [2.24, 2.45) is 0 Å². The number of esters is 1. The third kappa shape index (κ3) is 4.16. The van der Waals surface area contributed by atoms with Crippen molar-refractivity contribution in [1.29, 1.82) is 0 Å². The lowest BCUT2D eigenvalue weighted by Gasteiger charge is -2.11. The van der Waals surface area contributed by atoms with E-state index in [2.05, 4.69) is 10.6 Å². The third-order valence-corrected chi connectivity index (χ3v) is 5.81. The van der Waals surface area contributed by atoms with Crippen LogP contribution in [0.25, 0.3) is 0 Å². The van der Waals surface area contributed by atoms with Gasteiger partial charge in [-0.1, -0.05) is 6.42 Å². The van der Waals surface area contributed by atoms with Gasteiger partial charge in [0.05, 0.1) is 31.5 Å². The maximum atomic E-state index is 12.4. The van der Waals surface area contributed by atoms with Crippen LogP contribution in [-0.4, -0.2) is 25.5 Å². The summed E-state index contributed by atoms with van der Waals surface area (Å²) < 4.78 is 10.3. The predicted octanol–water partition coefficient (Wildman–Crippen LogP) is 3.69. The van der Waals surface area contributed by atoms with E-state index >= 15 is 0 Å². The third-order valence-electron chi connectivity index (χ3n) is 4.60. The smallest absolute Gasteiger partial charge is 0.341 e. The summed E-state index contributed by atoms with van der Waals surface area (Å²) in [5.74, 6) is 0.206. The highest BCUT2D eigenvalue weighted by Crippen LogP contribution is 2.37. The zero-order valence-electron chi connectivity index (χ0n) is 15.1. The van der Waals surface area contributed by atoms with Crippen LogP contribution < -0.4 is 10.6 Å². The van der Waals surface area contributed by atoms with E-state index in [0.29, 0.717) is 10.6 Å². The molecule has 0 radical (unpaired) electrons. The Morgan fingerprint density at radius 1 is 1.31 bits per heavy atom. The molecule has 2 aromatic heterocycles. The van der Waals surface area contributed by atoms with E-state index < -0.39 is 0 Å². The molecule has 0 spiro atoms. The first-order valence-electron chi connectivity index (χ1n) is 8.89. The molecule has 1 amide bonds. The van der Waals surface area contributed by atoms with Crippen LogP contribution in [0.2, 0.25) is 0 Å². The summed E-state index contributed by atoms with van der Waals surface area (Å²) in [6, 6.07) is 3.60. The summed E-state index contributed by atoms with van der Waals surface area (Å²) in [5.41, 5.74) is 1.58. The number of anilines is 1. The van der Waals surface area contributed by atoms with E-state index in [-0.39, 0.29) is 24.5 Å². The molecule has 2 heterocycles. The van der Waals surface area contributed by atoms with Crippen LogP contribution in [0, 0.1) is 0 Å². The Labute approximate surface area is 156 Å². The van der Waals surface area contributed by atoms with Crippen LogP contribution in [0.3, 0.4) is 0 Å². The molecule has 26 heavy (non-hydrogen) atoms. The number of hydrogen-bond donors (Lipinski definition) is 2. The van der Waals surface area contributed by atoms with Gasteiger partial charge in [-0.05, 0) is 50.3 Å². The molecule has 6 nitrogen and oxygen atoms in total. The summed E-state index contributed by atoms with van der Waals surface area (Å²) in [4.78, 5) is 25.9. The number of nitrogens with one attached hydrogen (secondary N) is 2. The van der Waals surface area contributed by atoms with Gasteiger partial charge in [-0.25, -0.2) is 4.79 Å². The summed E-state index contributed by atoms with van der Waals surface area (Å²) in [6.45, 7) is 2.06. The van der Waals surface area contributed by atoms with E-state index in [0.717, 1.165) is 43.4 Å². The number of rotatable bonds is 6. The Balaban J connectivity index is 1.70. The quantitative estimate of drug-likeness (QED) is 0.594. The Hall–Kier alpha value is -2.12. The summed E-state index contributed by atoms with van der Waals surface area (Å²) >= 11 is 1.50. The van der Waals surface area contributed by atoms with Crippen molar-refractivity contribution < 1.29 is 18.7 Å². The minimum Gasteiger partial charge on any atom is -0.468 e. The molecule has 0 aromatic carbocycles. The first-order chi connectivity index (χ1) is 12.6. The van der Waals surface area contributed by atoms with Crippen LogP contribution >= 0.6 is 11.3 Å². The molecule has 0 aliphatic heterocycles. The van der Waals surface area contributed by atoms with Crippen LogP contribution in [0.5, 0.6) is 0 Å². The number of thiophene rings is 1. The molecule has 2 aromatic rings. The van der Waals surface area contributed by atoms with E-state index in [1.165, 1.54) is 23.3 Å². The topological polar surface area (TPSA) is 80.6 Å². The lowest BCUT2D eigenvalue weighted by molar-refractivity contribution is -0.115. The molecule has 140 valence electrons. The van der Waals surface area contributed by atoms with Gasteiger partial charge in [0.2, 0.25) is 5.91 Å². The number of fused-ring (bicyclic) bond motifs is 1. The second kappa shape index (κ2) is 8.51. The molecule has 0 unspecified atom stereocenters. The van der Waals surface area contributed by atoms with Gasteiger partial charge in [-0.15, -0.1) is 11.3 Å². The first kappa shape index (κ1) is 18.7. The second-order valence-electron chi connectivity index (χ2n) is 6.43. The Morgan fingerprint density at radius 3 is 2.85 bits per heavy atom. The molecule has 3 rings (SSSR count). The average molecular weight is 376 g/mol. The van der Waals surface area contributed by atoms with Crippen molar-refractivity contribution in [1.82, 2.24) is 5.32 Å². The Kier molecular flexibility index (Phi) is 6.11. The van der Waals surface area contributed by atoms with Crippen LogP contribution in [-0.2, 0) is 22.4 Å². The van der Waals surface area contributed by atoms with Gasteiger partial charge in [0.25, 0.3) is 0 Å². The summed E-state index contributed by atoms with van der Waals surface area (Å²) in [7, 11) is 1.38. The molecule has 0 bridgehead atoms.